The minimum atomic E-state index is 0.292. The van der Waals surface area contributed by atoms with Gasteiger partial charge in [0.15, 0.2) is 0 Å². The Hall–Kier alpha value is -0.860. The van der Waals surface area contributed by atoms with Crippen molar-refractivity contribution in [3.05, 3.63) is 34.2 Å². The lowest BCUT2D eigenvalue weighted by Crippen LogP contribution is -2.41. The molecule has 0 saturated heterocycles. The van der Waals surface area contributed by atoms with E-state index < -0.39 is 0 Å². The summed E-state index contributed by atoms with van der Waals surface area (Å²) >= 11 is 1.91. The van der Waals surface area contributed by atoms with Crippen LogP contribution in [0.1, 0.15) is 35.3 Å². The van der Waals surface area contributed by atoms with Crippen LogP contribution in [0.2, 0.25) is 0 Å². The molecule has 0 radical (unpaired) electrons. The van der Waals surface area contributed by atoms with Crippen LogP contribution < -0.4 is 5.73 Å². The van der Waals surface area contributed by atoms with E-state index in [1.807, 2.05) is 11.3 Å². The fourth-order valence-corrected chi connectivity index (χ4v) is 4.00. The lowest BCUT2D eigenvalue weighted by molar-refractivity contribution is 0.253. The van der Waals surface area contributed by atoms with Gasteiger partial charge in [0.2, 0.25) is 0 Å². The first-order valence-corrected chi connectivity index (χ1v) is 7.18. The minimum Gasteiger partial charge on any atom is -0.330 e. The van der Waals surface area contributed by atoms with Crippen molar-refractivity contribution in [2.24, 2.45) is 5.73 Å². The smallest absolute Gasteiger partial charge is 0.0351 e. The summed E-state index contributed by atoms with van der Waals surface area (Å²) < 4.78 is 1.43. The van der Waals surface area contributed by atoms with E-state index in [2.05, 4.69) is 32.0 Å². The predicted molar refractivity (Wildman–Crippen MR) is 75.9 cm³/mol. The molecular weight excluding hydrogens is 226 g/mol. The first-order valence-electron chi connectivity index (χ1n) is 6.37. The Balaban J connectivity index is 2.13. The third-order valence-electron chi connectivity index (χ3n) is 4.49. The zero-order valence-electron chi connectivity index (χ0n) is 10.5. The molecule has 0 unspecified atom stereocenters. The second-order valence-corrected chi connectivity index (χ2v) is 6.59. The molecule has 0 spiro atoms. The van der Waals surface area contributed by atoms with Crippen molar-refractivity contribution in [3.63, 3.8) is 0 Å². The van der Waals surface area contributed by atoms with Crippen molar-refractivity contribution >= 4 is 21.4 Å². The van der Waals surface area contributed by atoms with Gasteiger partial charge in [-0.25, -0.2) is 0 Å². The van der Waals surface area contributed by atoms with E-state index in [0.29, 0.717) is 5.41 Å². The quantitative estimate of drug-likeness (QED) is 0.853. The van der Waals surface area contributed by atoms with Gasteiger partial charge in [0.25, 0.3) is 0 Å². The monoisotopic (exact) mass is 245 g/mol. The summed E-state index contributed by atoms with van der Waals surface area (Å²) in [5.74, 6) is 0. The standard InChI is InChI=1S/C15H19NS/c1-10-11(2)17-14-8-12(4-5-13(10)14)15(9-16)6-3-7-15/h4-5,8H,3,6-7,9,16H2,1-2H3. The van der Waals surface area contributed by atoms with E-state index in [-0.39, 0.29) is 0 Å². The van der Waals surface area contributed by atoms with Gasteiger partial charge in [-0.2, -0.15) is 0 Å². The molecule has 1 heterocycles. The van der Waals surface area contributed by atoms with Crippen LogP contribution in [0.5, 0.6) is 0 Å². The van der Waals surface area contributed by atoms with Crippen molar-refractivity contribution in [2.75, 3.05) is 6.54 Å². The summed E-state index contributed by atoms with van der Waals surface area (Å²) in [7, 11) is 0. The fourth-order valence-electron chi connectivity index (χ4n) is 2.89. The van der Waals surface area contributed by atoms with Gasteiger partial charge in [-0.3, -0.25) is 0 Å². The first-order chi connectivity index (χ1) is 8.16. The summed E-state index contributed by atoms with van der Waals surface area (Å²) in [5, 5.41) is 1.42. The van der Waals surface area contributed by atoms with Crippen molar-refractivity contribution in [3.8, 4) is 0 Å². The van der Waals surface area contributed by atoms with E-state index in [1.165, 1.54) is 45.4 Å². The molecule has 0 aliphatic heterocycles. The molecule has 1 nitrogen and oxygen atoms in total. The summed E-state index contributed by atoms with van der Waals surface area (Å²) in [6.07, 6.45) is 3.86. The highest BCUT2D eigenvalue weighted by atomic mass is 32.1. The Bertz CT molecular complexity index is 558. The number of fused-ring (bicyclic) bond motifs is 1. The SMILES string of the molecule is Cc1sc2cc(C3(CN)CCC3)ccc2c1C. The number of hydrogen-bond donors (Lipinski definition) is 1. The average molecular weight is 245 g/mol. The van der Waals surface area contributed by atoms with Crippen molar-refractivity contribution in [1.82, 2.24) is 0 Å². The number of benzene rings is 1. The molecule has 2 heteroatoms. The molecule has 1 aliphatic carbocycles. The summed E-state index contributed by atoms with van der Waals surface area (Å²) in [5.41, 5.74) is 9.17. The van der Waals surface area contributed by atoms with Crippen molar-refractivity contribution in [2.45, 2.75) is 38.5 Å². The van der Waals surface area contributed by atoms with Gasteiger partial charge in [0.1, 0.15) is 0 Å². The Kier molecular flexibility index (Phi) is 2.53. The summed E-state index contributed by atoms with van der Waals surface area (Å²) in [6, 6.07) is 6.97. The molecule has 1 aliphatic rings. The molecule has 1 saturated carbocycles. The van der Waals surface area contributed by atoms with Crippen LogP contribution in [0.3, 0.4) is 0 Å². The van der Waals surface area contributed by atoms with Crippen molar-refractivity contribution in [1.29, 1.82) is 0 Å². The Morgan fingerprint density at radius 2 is 2.06 bits per heavy atom. The average Bonchev–Trinajstić information content (AvgIpc) is 2.54. The minimum absolute atomic E-state index is 0.292. The van der Waals surface area contributed by atoms with Gasteiger partial charge in [-0.1, -0.05) is 18.6 Å². The van der Waals surface area contributed by atoms with Crippen LogP contribution in [-0.4, -0.2) is 6.54 Å². The first kappa shape index (κ1) is 11.2. The second kappa shape index (κ2) is 3.82. The maximum Gasteiger partial charge on any atom is 0.0351 e. The Morgan fingerprint density at radius 3 is 2.65 bits per heavy atom. The molecule has 2 N–H and O–H groups in total. The van der Waals surface area contributed by atoms with E-state index in [0.717, 1.165) is 6.54 Å². The largest absolute Gasteiger partial charge is 0.330 e. The van der Waals surface area contributed by atoms with Gasteiger partial charge in [0, 0.05) is 21.5 Å². The highest BCUT2D eigenvalue weighted by molar-refractivity contribution is 7.19. The highest BCUT2D eigenvalue weighted by Gasteiger charge is 2.37. The Labute approximate surface area is 107 Å². The maximum absolute atomic E-state index is 5.98. The molecule has 3 rings (SSSR count). The van der Waals surface area contributed by atoms with Crippen LogP contribution in [-0.2, 0) is 5.41 Å². The molecule has 1 aromatic carbocycles. The summed E-state index contributed by atoms with van der Waals surface area (Å²) in [4.78, 5) is 1.44. The van der Waals surface area contributed by atoms with Crippen LogP contribution in [0.25, 0.3) is 10.1 Å². The van der Waals surface area contributed by atoms with Gasteiger partial charge >= 0.3 is 0 Å². The fraction of sp³-hybridized carbons (Fsp3) is 0.467. The molecule has 0 atom stereocenters. The van der Waals surface area contributed by atoms with Crippen LogP contribution in [0, 0.1) is 13.8 Å². The molecule has 2 aromatic rings. The van der Waals surface area contributed by atoms with Crippen LogP contribution in [0.15, 0.2) is 18.2 Å². The van der Waals surface area contributed by atoms with Crippen molar-refractivity contribution < 1.29 is 0 Å². The molecular formula is C15H19NS. The molecule has 1 aromatic heterocycles. The van der Waals surface area contributed by atoms with E-state index in [9.17, 15) is 0 Å². The molecule has 90 valence electrons. The topological polar surface area (TPSA) is 26.0 Å². The van der Waals surface area contributed by atoms with Gasteiger partial charge in [0.05, 0.1) is 0 Å². The Morgan fingerprint density at radius 1 is 1.29 bits per heavy atom. The lowest BCUT2D eigenvalue weighted by atomic mass is 9.64. The zero-order valence-corrected chi connectivity index (χ0v) is 11.4. The lowest BCUT2D eigenvalue weighted by Gasteiger charge is -2.41. The van der Waals surface area contributed by atoms with E-state index in [1.54, 1.807) is 0 Å². The van der Waals surface area contributed by atoms with Gasteiger partial charge in [-0.15, -0.1) is 11.3 Å². The second-order valence-electron chi connectivity index (χ2n) is 5.33. The maximum atomic E-state index is 5.98. The third-order valence-corrected chi connectivity index (χ3v) is 5.66. The van der Waals surface area contributed by atoms with Gasteiger partial charge < -0.3 is 5.73 Å². The van der Waals surface area contributed by atoms with E-state index >= 15 is 0 Å². The third kappa shape index (κ3) is 1.54. The molecule has 0 bridgehead atoms. The van der Waals surface area contributed by atoms with E-state index in [4.69, 9.17) is 5.73 Å². The van der Waals surface area contributed by atoms with Crippen LogP contribution >= 0.6 is 11.3 Å². The predicted octanol–water partition coefficient (Wildman–Crippen LogP) is 3.90. The number of thiophene rings is 1. The normalized spacial score (nSPS) is 18.3. The van der Waals surface area contributed by atoms with Crippen LogP contribution in [0.4, 0.5) is 0 Å². The number of hydrogen-bond acceptors (Lipinski definition) is 2. The molecule has 1 fully saturated rings. The summed E-state index contributed by atoms with van der Waals surface area (Å²) in [6.45, 7) is 5.22. The zero-order chi connectivity index (χ0) is 12.0. The molecule has 17 heavy (non-hydrogen) atoms. The number of rotatable bonds is 2. The number of aryl methyl sites for hydroxylation is 2. The molecule has 0 amide bonds. The van der Waals surface area contributed by atoms with Gasteiger partial charge in [-0.05, 0) is 49.3 Å². The number of nitrogens with two attached hydrogens (primary N) is 1. The highest BCUT2D eigenvalue weighted by Crippen LogP contribution is 2.44.